The molecule has 0 heterocycles. The largest absolute Gasteiger partial charge is 0.458 e. The van der Waals surface area contributed by atoms with Gasteiger partial charge in [0.25, 0.3) is 0 Å². The highest BCUT2D eigenvalue weighted by Gasteiger charge is 2.61. The summed E-state index contributed by atoms with van der Waals surface area (Å²) >= 11 is 0. The lowest BCUT2D eigenvalue weighted by atomic mass is 9.45. The third-order valence-corrected chi connectivity index (χ3v) is 8.02. The highest BCUT2D eigenvalue weighted by atomic mass is 16.5. The summed E-state index contributed by atoms with van der Waals surface area (Å²) in [6.07, 6.45) is 4.90. The summed E-state index contributed by atoms with van der Waals surface area (Å²) in [5.74, 6) is -0.474. The smallest absolute Gasteiger partial charge is 0.303 e. The second-order valence-electron chi connectivity index (χ2n) is 10.6. The van der Waals surface area contributed by atoms with Crippen molar-refractivity contribution < 1.29 is 28.7 Å². The molecule has 0 aromatic rings. The average Bonchev–Trinajstić information content (AvgIpc) is 2.62. The van der Waals surface area contributed by atoms with Gasteiger partial charge < -0.3 is 9.47 Å². The summed E-state index contributed by atoms with van der Waals surface area (Å²) in [4.78, 5) is 48.5. The lowest BCUT2D eigenvalue weighted by molar-refractivity contribution is -0.180. The molecule has 6 heteroatoms. The van der Waals surface area contributed by atoms with Crippen LogP contribution in [0.1, 0.15) is 73.6 Å². The number of esters is 2. The van der Waals surface area contributed by atoms with Crippen molar-refractivity contribution in [1.29, 1.82) is 0 Å². The molecule has 5 atom stereocenters. The van der Waals surface area contributed by atoms with Crippen LogP contribution in [0.25, 0.3) is 0 Å². The standard InChI is InChI=1S/C24H34O6/c1-14(25)29-13-20(28)23(5)10-9-17-16(11-23)7-8-19-22(3,4)21(30-15(2)26)18(27)12-24(17,19)6/h7,17,19,21H,8-13H2,1-6H3/t17-,19-,21?,23+,24+/m0/s1. The molecule has 0 bridgehead atoms. The Kier molecular flexibility index (Phi) is 5.76. The Labute approximate surface area is 178 Å². The summed E-state index contributed by atoms with van der Waals surface area (Å²) in [6.45, 7) is 10.7. The average molecular weight is 419 g/mol. The number of carbonyl (C=O) groups is 4. The van der Waals surface area contributed by atoms with Crippen molar-refractivity contribution in [2.75, 3.05) is 6.61 Å². The van der Waals surface area contributed by atoms with E-state index in [2.05, 4.69) is 13.0 Å². The first kappa shape index (κ1) is 22.7. The van der Waals surface area contributed by atoms with Gasteiger partial charge in [0.1, 0.15) is 0 Å². The first-order chi connectivity index (χ1) is 13.8. The van der Waals surface area contributed by atoms with Crippen molar-refractivity contribution in [3.63, 3.8) is 0 Å². The fourth-order valence-corrected chi connectivity index (χ4v) is 6.49. The van der Waals surface area contributed by atoms with E-state index < -0.39 is 28.9 Å². The van der Waals surface area contributed by atoms with Crippen LogP contribution in [0.15, 0.2) is 11.6 Å². The molecule has 0 N–H and O–H groups in total. The van der Waals surface area contributed by atoms with Gasteiger partial charge in [-0.2, -0.15) is 0 Å². The van der Waals surface area contributed by atoms with E-state index in [9.17, 15) is 19.2 Å². The number of hydrogen-bond donors (Lipinski definition) is 0. The molecule has 0 amide bonds. The predicted octanol–water partition coefficient (Wildman–Crippen LogP) is 3.81. The molecule has 166 valence electrons. The van der Waals surface area contributed by atoms with E-state index in [-0.39, 0.29) is 35.4 Å². The molecule has 0 saturated heterocycles. The van der Waals surface area contributed by atoms with E-state index in [0.717, 1.165) is 12.8 Å². The Morgan fingerprint density at radius 2 is 1.73 bits per heavy atom. The van der Waals surface area contributed by atoms with Crippen LogP contribution in [-0.2, 0) is 28.7 Å². The molecule has 0 aliphatic heterocycles. The van der Waals surface area contributed by atoms with Crippen molar-refractivity contribution in [2.24, 2.45) is 28.1 Å². The van der Waals surface area contributed by atoms with Crippen LogP contribution >= 0.6 is 0 Å². The quantitative estimate of drug-likeness (QED) is 0.510. The molecule has 0 aromatic carbocycles. The van der Waals surface area contributed by atoms with E-state index >= 15 is 0 Å². The first-order valence-corrected chi connectivity index (χ1v) is 10.9. The molecule has 3 aliphatic carbocycles. The number of carbonyl (C=O) groups excluding carboxylic acids is 4. The zero-order chi connectivity index (χ0) is 22.5. The summed E-state index contributed by atoms with van der Waals surface area (Å²) < 4.78 is 10.4. The van der Waals surface area contributed by atoms with E-state index in [1.165, 1.54) is 19.4 Å². The molecule has 30 heavy (non-hydrogen) atoms. The highest BCUT2D eigenvalue weighted by molar-refractivity contribution is 5.89. The van der Waals surface area contributed by atoms with Gasteiger partial charge in [-0.15, -0.1) is 0 Å². The van der Waals surface area contributed by atoms with Gasteiger partial charge in [0, 0.05) is 31.1 Å². The van der Waals surface area contributed by atoms with Crippen molar-refractivity contribution in [3.8, 4) is 0 Å². The monoisotopic (exact) mass is 418 g/mol. The zero-order valence-electron chi connectivity index (χ0n) is 19.0. The number of fused-ring (bicyclic) bond motifs is 3. The van der Waals surface area contributed by atoms with Crippen LogP contribution in [0.4, 0.5) is 0 Å². The van der Waals surface area contributed by atoms with Crippen LogP contribution in [0.5, 0.6) is 0 Å². The lowest BCUT2D eigenvalue weighted by Gasteiger charge is -2.60. The van der Waals surface area contributed by atoms with Crippen LogP contribution < -0.4 is 0 Å². The third kappa shape index (κ3) is 3.74. The minimum Gasteiger partial charge on any atom is -0.458 e. The van der Waals surface area contributed by atoms with Crippen molar-refractivity contribution in [2.45, 2.75) is 79.8 Å². The molecule has 3 rings (SSSR count). The van der Waals surface area contributed by atoms with Crippen LogP contribution in [-0.4, -0.2) is 36.2 Å². The van der Waals surface area contributed by atoms with Crippen LogP contribution in [0.2, 0.25) is 0 Å². The Morgan fingerprint density at radius 1 is 1.07 bits per heavy atom. The van der Waals surface area contributed by atoms with Gasteiger partial charge in [0.2, 0.25) is 0 Å². The minimum absolute atomic E-state index is 0.00512. The normalized spacial score (nSPS) is 37.3. The zero-order valence-corrected chi connectivity index (χ0v) is 19.0. The fourth-order valence-electron chi connectivity index (χ4n) is 6.49. The maximum absolute atomic E-state index is 13.1. The minimum atomic E-state index is -0.706. The second-order valence-corrected chi connectivity index (χ2v) is 10.6. The number of hydrogen-bond acceptors (Lipinski definition) is 6. The van der Waals surface area contributed by atoms with Gasteiger partial charge in [-0.3, -0.25) is 19.2 Å². The van der Waals surface area contributed by atoms with E-state index in [0.29, 0.717) is 19.3 Å². The first-order valence-electron chi connectivity index (χ1n) is 10.9. The fraction of sp³-hybridized carbons (Fsp3) is 0.750. The molecule has 0 spiro atoms. The molecule has 2 fully saturated rings. The number of ether oxygens (including phenoxy) is 2. The second kappa shape index (κ2) is 7.61. The number of Topliss-reactive ketones (excluding diaryl/α,β-unsaturated/α-hetero) is 2. The van der Waals surface area contributed by atoms with Gasteiger partial charge in [-0.1, -0.05) is 39.3 Å². The van der Waals surface area contributed by atoms with Gasteiger partial charge in [-0.25, -0.2) is 0 Å². The molecule has 3 aliphatic rings. The molecule has 0 aromatic heterocycles. The molecule has 2 saturated carbocycles. The Bertz CT molecular complexity index is 809. The Balaban J connectivity index is 1.86. The van der Waals surface area contributed by atoms with E-state index in [1.54, 1.807) is 0 Å². The number of ketones is 2. The van der Waals surface area contributed by atoms with Crippen molar-refractivity contribution in [3.05, 3.63) is 11.6 Å². The van der Waals surface area contributed by atoms with Crippen LogP contribution in [0.3, 0.4) is 0 Å². The molecular weight excluding hydrogens is 384 g/mol. The maximum atomic E-state index is 13.1. The van der Waals surface area contributed by atoms with E-state index in [1.807, 2.05) is 20.8 Å². The lowest BCUT2D eigenvalue weighted by Crippen LogP contribution is -2.60. The molecule has 0 radical (unpaired) electrons. The number of rotatable bonds is 4. The topological polar surface area (TPSA) is 86.7 Å². The molecule has 1 unspecified atom stereocenters. The Morgan fingerprint density at radius 3 is 2.33 bits per heavy atom. The highest BCUT2D eigenvalue weighted by Crippen LogP contribution is 2.63. The third-order valence-electron chi connectivity index (χ3n) is 8.02. The summed E-state index contributed by atoms with van der Waals surface area (Å²) in [6, 6.07) is 0. The van der Waals surface area contributed by atoms with Gasteiger partial charge in [-0.05, 0) is 42.9 Å². The van der Waals surface area contributed by atoms with E-state index in [4.69, 9.17) is 9.47 Å². The van der Waals surface area contributed by atoms with Gasteiger partial charge in [0.15, 0.2) is 24.3 Å². The number of allylic oxidation sites excluding steroid dienone is 2. The SMILES string of the molecule is CC(=O)OCC(=O)[C@]1(C)CC[C@H]2C(=CC[C@H]3C(C)(C)C(OC(C)=O)C(=O)C[C@]23C)C1. The summed E-state index contributed by atoms with van der Waals surface area (Å²) in [7, 11) is 0. The van der Waals surface area contributed by atoms with Crippen molar-refractivity contribution in [1.82, 2.24) is 0 Å². The maximum Gasteiger partial charge on any atom is 0.303 e. The Hall–Kier alpha value is -1.98. The van der Waals surface area contributed by atoms with Gasteiger partial charge >= 0.3 is 11.9 Å². The van der Waals surface area contributed by atoms with Crippen molar-refractivity contribution >= 4 is 23.5 Å². The molecule has 6 nitrogen and oxygen atoms in total. The summed E-state index contributed by atoms with van der Waals surface area (Å²) in [5.41, 5.74) is 0.0222. The van der Waals surface area contributed by atoms with Crippen LogP contribution in [0, 0.1) is 28.1 Å². The summed E-state index contributed by atoms with van der Waals surface area (Å²) in [5, 5.41) is 0. The predicted molar refractivity (Wildman–Crippen MR) is 110 cm³/mol. The molecular formula is C24H34O6. The van der Waals surface area contributed by atoms with Gasteiger partial charge in [0.05, 0.1) is 0 Å².